The normalized spacial score (nSPS) is 12.4. The van der Waals surface area contributed by atoms with Crippen LogP contribution in [-0.2, 0) is 6.42 Å². The third-order valence-corrected chi connectivity index (χ3v) is 3.57. The van der Waals surface area contributed by atoms with Gasteiger partial charge in [0.25, 0.3) is 0 Å². The van der Waals surface area contributed by atoms with E-state index in [1.54, 1.807) is 12.3 Å². The van der Waals surface area contributed by atoms with Gasteiger partial charge in [0.05, 0.1) is 11.7 Å². The van der Waals surface area contributed by atoms with E-state index in [1.807, 2.05) is 25.2 Å². The summed E-state index contributed by atoms with van der Waals surface area (Å²) in [7, 11) is 1.90. The van der Waals surface area contributed by atoms with E-state index in [0.29, 0.717) is 0 Å². The van der Waals surface area contributed by atoms with Gasteiger partial charge in [-0.2, -0.15) is 0 Å². The second-order valence-electron chi connectivity index (χ2n) is 4.04. The van der Waals surface area contributed by atoms with Crippen LogP contribution >= 0.6 is 15.9 Å². The van der Waals surface area contributed by atoms with E-state index in [9.17, 15) is 4.39 Å². The maximum absolute atomic E-state index is 13.0. The number of benzene rings is 1. The van der Waals surface area contributed by atoms with Crippen molar-refractivity contribution in [3.63, 3.8) is 0 Å². The van der Waals surface area contributed by atoms with E-state index >= 15 is 0 Å². The molecule has 94 valence electrons. The zero-order valence-electron chi connectivity index (χ0n) is 10.0. The van der Waals surface area contributed by atoms with E-state index < -0.39 is 0 Å². The van der Waals surface area contributed by atoms with Crippen molar-refractivity contribution in [1.29, 1.82) is 0 Å². The Bertz CT molecular complexity index is 516. The van der Waals surface area contributed by atoms with Crippen molar-refractivity contribution in [2.24, 2.45) is 0 Å². The minimum Gasteiger partial charge on any atom is -0.311 e. The summed E-state index contributed by atoms with van der Waals surface area (Å²) in [4.78, 5) is 4.34. The van der Waals surface area contributed by atoms with Crippen LogP contribution in [0.25, 0.3) is 0 Å². The number of nitrogens with zero attached hydrogens (tertiary/aromatic N) is 1. The van der Waals surface area contributed by atoms with Crippen molar-refractivity contribution in [3.8, 4) is 0 Å². The molecule has 1 unspecified atom stereocenters. The number of likely N-dealkylation sites (N-methyl/N-ethyl adjacent to an activating group) is 1. The van der Waals surface area contributed by atoms with Gasteiger partial charge in [-0.15, -0.1) is 0 Å². The fourth-order valence-corrected chi connectivity index (χ4v) is 2.36. The van der Waals surface area contributed by atoms with Crippen LogP contribution in [0.5, 0.6) is 0 Å². The van der Waals surface area contributed by atoms with Crippen molar-refractivity contribution in [1.82, 2.24) is 10.3 Å². The minimum absolute atomic E-state index is 0.118. The van der Waals surface area contributed by atoms with Gasteiger partial charge in [-0.05, 0) is 43.3 Å². The molecule has 4 heteroatoms. The Balaban J connectivity index is 2.21. The molecule has 0 fully saturated rings. The topological polar surface area (TPSA) is 24.9 Å². The molecule has 1 aromatic carbocycles. The third-order valence-electron chi connectivity index (χ3n) is 2.83. The van der Waals surface area contributed by atoms with E-state index in [0.717, 1.165) is 22.2 Å². The molecule has 2 rings (SSSR count). The standard InChI is InChI=1S/C14H14BrFN2/c1-17-14(13-4-2-3-7-18-13)8-10-5-6-11(16)9-12(10)15/h2-7,9,14,17H,8H2,1H3. The first-order valence-corrected chi connectivity index (χ1v) is 6.52. The Hall–Kier alpha value is -1.26. The number of halogens is 2. The molecule has 0 aliphatic heterocycles. The number of pyridine rings is 1. The van der Waals surface area contributed by atoms with E-state index in [2.05, 4.69) is 26.2 Å². The minimum atomic E-state index is -0.232. The molecule has 0 aliphatic rings. The molecule has 18 heavy (non-hydrogen) atoms. The lowest BCUT2D eigenvalue weighted by Gasteiger charge is -2.16. The SMILES string of the molecule is CNC(Cc1ccc(F)cc1Br)c1ccccn1. The van der Waals surface area contributed by atoms with Crippen LogP contribution in [0.15, 0.2) is 47.1 Å². The predicted molar refractivity (Wildman–Crippen MR) is 73.8 cm³/mol. The number of nitrogens with one attached hydrogen (secondary N) is 1. The molecular formula is C14H14BrFN2. The summed E-state index contributed by atoms with van der Waals surface area (Å²) in [6.07, 6.45) is 2.54. The molecule has 0 bridgehead atoms. The third kappa shape index (κ3) is 3.15. The Labute approximate surface area is 114 Å². The lowest BCUT2D eigenvalue weighted by atomic mass is 10.0. The second kappa shape index (κ2) is 6.07. The lowest BCUT2D eigenvalue weighted by Crippen LogP contribution is -2.20. The van der Waals surface area contributed by atoms with Gasteiger partial charge in [-0.1, -0.05) is 28.1 Å². The molecule has 1 aromatic heterocycles. The van der Waals surface area contributed by atoms with Gasteiger partial charge >= 0.3 is 0 Å². The van der Waals surface area contributed by atoms with Crippen LogP contribution < -0.4 is 5.32 Å². The molecule has 0 spiro atoms. The number of rotatable bonds is 4. The molecule has 0 saturated carbocycles. The smallest absolute Gasteiger partial charge is 0.124 e. The summed E-state index contributed by atoms with van der Waals surface area (Å²) in [6.45, 7) is 0. The summed E-state index contributed by atoms with van der Waals surface area (Å²) >= 11 is 3.39. The average molecular weight is 309 g/mol. The predicted octanol–water partition coefficient (Wildman–Crippen LogP) is 3.49. The molecule has 0 aliphatic carbocycles. The summed E-state index contributed by atoms with van der Waals surface area (Å²) in [5.74, 6) is -0.232. The number of hydrogen-bond donors (Lipinski definition) is 1. The van der Waals surface area contributed by atoms with Crippen LogP contribution in [-0.4, -0.2) is 12.0 Å². The first-order valence-electron chi connectivity index (χ1n) is 5.73. The van der Waals surface area contributed by atoms with Crippen LogP contribution in [0.1, 0.15) is 17.3 Å². The Morgan fingerprint density at radius 3 is 2.78 bits per heavy atom. The largest absolute Gasteiger partial charge is 0.311 e. The van der Waals surface area contributed by atoms with Crippen LogP contribution in [0.2, 0.25) is 0 Å². The highest BCUT2D eigenvalue weighted by molar-refractivity contribution is 9.10. The zero-order chi connectivity index (χ0) is 13.0. The van der Waals surface area contributed by atoms with Crippen LogP contribution in [0.3, 0.4) is 0 Å². The Morgan fingerprint density at radius 1 is 1.33 bits per heavy atom. The summed E-state index contributed by atoms with van der Waals surface area (Å²) < 4.78 is 13.8. The maximum Gasteiger partial charge on any atom is 0.124 e. The van der Waals surface area contributed by atoms with E-state index in [1.165, 1.54) is 12.1 Å². The number of hydrogen-bond acceptors (Lipinski definition) is 2. The second-order valence-corrected chi connectivity index (χ2v) is 4.89. The zero-order valence-corrected chi connectivity index (χ0v) is 11.6. The van der Waals surface area contributed by atoms with Gasteiger partial charge in [0.15, 0.2) is 0 Å². The Morgan fingerprint density at radius 2 is 2.17 bits per heavy atom. The van der Waals surface area contributed by atoms with Crippen molar-refractivity contribution >= 4 is 15.9 Å². The van der Waals surface area contributed by atoms with Crippen LogP contribution in [0, 0.1) is 5.82 Å². The van der Waals surface area contributed by atoms with Crippen molar-refractivity contribution < 1.29 is 4.39 Å². The van der Waals surface area contributed by atoms with E-state index in [4.69, 9.17) is 0 Å². The first-order chi connectivity index (χ1) is 8.70. The summed E-state index contributed by atoms with van der Waals surface area (Å²) in [6, 6.07) is 10.7. The van der Waals surface area contributed by atoms with Gasteiger partial charge in [-0.25, -0.2) is 4.39 Å². The fraction of sp³-hybridized carbons (Fsp3) is 0.214. The average Bonchev–Trinajstić information content (AvgIpc) is 2.39. The highest BCUT2D eigenvalue weighted by atomic mass is 79.9. The van der Waals surface area contributed by atoms with Gasteiger partial charge in [-0.3, -0.25) is 4.98 Å². The first kappa shape index (κ1) is 13.2. The molecule has 0 amide bonds. The van der Waals surface area contributed by atoms with Crippen molar-refractivity contribution in [3.05, 3.63) is 64.1 Å². The molecule has 1 N–H and O–H groups in total. The van der Waals surface area contributed by atoms with Crippen LogP contribution in [0.4, 0.5) is 4.39 Å². The van der Waals surface area contributed by atoms with Gasteiger partial charge in [0, 0.05) is 10.7 Å². The van der Waals surface area contributed by atoms with Crippen molar-refractivity contribution in [2.75, 3.05) is 7.05 Å². The quantitative estimate of drug-likeness (QED) is 0.935. The molecule has 2 nitrogen and oxygen atoms in total. The summed E-state index contributed by atoms with van der Waals surface area (Å²) in [5.41, 5.74) is 2.04. The number of aromatic nitrogens is 1. The molecule has 0 saturated heterocycles. The maximum atomic E-state index is 13.0. The van der Waals surface area contributed by atoms with Gasteiger partial charge < -0.3 is 5.32 Å². The van der Waals surface area contributed by atoms with Gasteiger partial charge in [0.1, 0.15) is 5.82 Å². The summed E-state index contributed by atoms with van der Waals surface area (Å²) in [5, 5.41) is 3.23. The molecular weight excluding hydrogens is 295 g/mol. The Kier molecular flexibility index (Phi) is 4.44. The lowest BCUT2D eigenvalue weighted by molar-refractivity contribution is 0.572. The monoisotopic (exact) mass is 308 g/mol. The van der Waals surface area contributed by atoms with Gasteiger partial charge in [0.2, 0.25) is 0 Å². The van der Waals surface area contributed by atoms with E-state index in [-0.39, 0.29) is 11.9 Å². The molecule has 0 radical (unpaired) electrons. The highest BCUT2D eigenvalue weighted by Crippen LogP contribution is 2.23. The molecule has 1 heterocycles. The molecule has 2 aromatic rings. The molecule has 1 atom stereocenters. The highest BCUT2D eigenvalue weighted by Gasteiger charge is 2.13. The fourth-order valence-electron chi connectivity index (χ4n) is 1.84. The van der Waals surface area contributed by atoms with Crippen molar-refractivity contribution in [2.45, 2.75) is 12.5 Å².